The zero-order chi connectivity index (χ0) is 20.3. The van der Waals surface area contributed by atoms with E-state index in [-0.39, 0.29) is 11.9 Å². The molecule has 1 amide bonds. The number of carbonyl (C=O) groups is 1. The minimum atomic E-state index is 0.0679. The lowest BCUT2D eigenvalue weighted by Gasteiger charge is -2.29. The zero-order valence-electron chi connectivity index (χ0n) is 16.5. The third-order valence-electron chi connectivity index (χ3n) is 5.71. The summed E-state index contributed by atoms with van der Waals surface area (Å²) in [6.45, 7) is 1.29. The molecule has 1 aliphatic carbocycles. The van der Waals surface area contributed by atoms with Crippen LogP contribution in [0.1, 0.15) is 36.0 Å². The Balaban J connectivity index is 1.34. The van der Waals surface area contributed by atoms with Gasteiger partial charge in [-0.2, -0.15) is 13.8 Å². The average molecular weight is 419 g/mol. The fraction of sp³-hybridized carbons (Fsp3) is 0.318. The maximum atomic E-state index is 13.4. The van der Waals surface area contributed by atoms with Gasteiger partial charge in [-0.15, -0.1) is 0 Å². The van der Waals surface area contributed by atoms with E-state index in [1.807, 2.05) is 52.2 Å². The van der Waals surface area contributed by atoms with E-state index in [9.17, 15) is 4.79 Å². The number of benzene rings is 1. The number of nitrogens with zero attached hydrogens (tertiary/aromatic N) is 6. The number of fused-ring (bicyclic) bond motifs is 1. The Morgan fingerprint density at radius 3 is 2.70 bits per heavy atom. The summed E-state index contributed by atoms with van der Waals surface area (Å²) in [6, 6.07) is 11.8. The Morgan fingerprint density at radius 1 is 1.07 bits per heavy atom. The molecule has 152 valence electrons. The molecule has 30 heavy (non-hydrogen) atoms. The van der Waals surface area contributed by atoms with Gasteiger partial charge in [0.2, 0.25) is 0 Å². The number of aromatic nitrogens is 5. The van der Waals surface area contributed by atoms with Gasteiger partial charge in [0.25, 0.3) is 5.91 Å². The van der Waals surface area contributed by atoms with E-state index in [0.29, 0.717) is 18.7 Å². The van der Waals surface area contributed by atoms with Crippen molar-refractivity contribution in [1.82, 2.24) is 28.4 Å². The zero-order valence-corrected chi connectivity index (χ0v) is 17.3. The molecule has 0 N–H and O–H groups in total. The first-order chi connectivity index (χ1) is 14.8. The van der Waals surface area contributed by atoms with Crippen molar-refractivity contribution >= 4 is 28.7 Å². The minimum Gasteiger partial charge on any atom is -0.334 e. The molecule has 0 bridgehead atoms. The third-order valence-corrected chi connectivity index (χ3v) is 6.27. The predicted octanol–water partition coefficient (Wildman–Crippen LogP) is 4.03. The molecule has 0 radical (unpaired) electrons. The first-order valence-electron chi connectivity index (χ1n) is 10.2. The fourth-order valence-corrected chi connectivity index (χ4v) is 4.64. The van der Waals surface area contributed by atoms with Crippen molar-refractivity contribution in [2.24, 2.45) is 0 Å². The lowest BCUT2D eigenvalue weighted by molar-refractivity contribution is 0.0672. The van der Waals surface area contributed by atoms with Gasteiger partial charge >= 0.3 is 0 Å². The van der Waals surface area contributed by atoms with Crippen LogP contribution < -0.4 is 0 Å². The summed E-state index contributed by atoms with van der Waals surface area (Å²) in [4.78, 5) is 19.5. The lowest BCUT2D eigenvalue weighted by atomic mass is 10.1. The van der Waals surface area contributed by atoms with E-state index < -0.39 is 0 Å². The molecule has 1 saturated carbocycles. The molecular weight excluding hydrogens is 396 g/mol. The van der Waals surface area contributed by atoms with Crippen LogP contribution in [0.15, 0.2) is 55.0 Å². The number of rotatable bonds is 6. The number of pyridine rings is 1. The molecule has 5 rings (SSSR count). The Labute approximate surface area is 178 Å². The second-order valence-corrected chi connectivity index (χ2v) is 8.13. The smallest absolute Gasteiger partial charge is 0.254 e. The minimum absolute atomic E-state index is 0.0679. The van der Waals surface area contributed by atoms with Gasteiger partial charge in [-0.25, -0.2) is 0 Å². The summed E-state index contributed by atoms with van der Waals surface area (Å²) in [6.07, 6.45) is 9.99. The van der Waals surface area contributed by atoms with Crippen LogP contribution in [0, 0.1) is 0 Å². The highest BCUT2D eigenvalue weighted by Gasteiger charge is 2.27. The van der Waals surface area contributed by atoms with Crippen molar-refractivity contribution in [3.8, 4) is 11.3 Å². The van der Waals surface area contributed by atoms with E-state index in [1.54, 1.807) is 12.4 Å². The summed E-state index contributed by atoms with van der Waals surface area (Å²) in [7, 11) is 0. The summed E-state index contributed by atoms with van der Waals surface area (Å²) in [5.74, 6) is 0.0679. The average Bonchev–Trinajstić information content (AvgIpc) is 3.55. The normalized spacial score (nSPS) is 14.4. The van der Waals surface area contributed by atoms with E-state index in [4.69, 9.17) is 0 Å². The first kappa shape index (κ1) is 18.9. The lowest BCUT2D eigenvalue weighted by Crippen LogP contribution is -2.41. The van der Waals surface area contributed by atoms with Gasteiger partial charge in [0.05, 0.1) is 24.0 Å². The predicted molar refractivity (Wildman–Crippen MR) is 116 cm³/mol. The van der Waals surface area contributed by atoms with Gasteiger partial charge < -0.3 is 4.90 Å². The van der Waals surface area contributed by atoms with E-state index in [0.717, 1.165) is 35.1 Å². The van der Waals surface area contributed by atoms with Crippen molar-refractivity contribution in [3.63, 3.8) is 0 Å². The maximum absolute atomic E-state index is 13.4. The third kappa shape index (κ3) is 3.82. The highest BCUT2D eigenvalue weighted by Crippen LogP contribution is 2.26. The molecule has 0 unspecified atom stereocenters. The number of hydrogen-bond acceptors (Lipinski definition) is 6. The van der Waals surface area contributed by atoms with E-state index >= 15 is 0 Å². The molecule has 0 aliphatic heterocycles. The van der Waals surface area contributed by atoms with Crippen molar-refractivity contribution in [3.05, 3.63) is 60.6 Å². The Hall–Kier alpha value is -3.13. The molecule has 0 spiro atoms. The van der Waals surface area contributed by atoms with Crippen LogP contribution in [-0.2, 0) is 6.54 Å². The van der Waals surface area contributed by atoms with Gasteiger partial charge in [-0.05, 0) is 49.2 Å². The molecule has 8 heteroatoms. The van der Waals surface area contributed by atoms with Crippen molar-refractivity contribution in [1.29, 1.82) is 0 Å². The molecule has 0 atom stereocenters. The largest absolute Gasteiger partial charge is 0.334 e. The molecular formula is C22H22N6OS. The monoisotopic (exact) mass is 418 g/mol. The van der Waals surface area contributed by atoms with Crippen LogP contribution in [0.4, 0.5) is 0 Å². The van der Waals surface area contributed by atoms with Crippen LogP contribution in [0.3, 0.4) is 0 Å². The highest BCUT2D eigenvalue weighted by molar-refractivity contribution is 7.00. The SMILES string of the molecule is O=C(c1ccc2nsnc2c1)N(CCn1ccc(-c2ccncc2)n1)C1CCCC1. The molecule has 0 saturated heterocycles. The van der Waals surface area contributed by atoms with Gasteiger partial charge in [0.15, 0.2) is 0 Å². The van der Waals surface area contributed by atoms with Gasteiger partial charge in [0, 0.05) is 42.3 Å². The van der Waals surface area contributed by atoms with Gasteiger partial charge in [0.1, 0.15) is 11.0 Å². The topological polar surface area (TPSA) is 76.8 Å². The molecule has 1 aliphatic rings. The van der Waals surface area contributed by atoms with Crippen LogP contribution in [0.25, 0.3) is 22.3 Å². The number of amides is 1. The van der Waals surface area contributed by atoms with Gasteiger partial charge in [-0.1, -0.05) is 12.8 Å². The number of carbonyl (C=O) groups excluding carboxylic acids is 1. The van der Waals surface area contributed by atoms with Crippen LogP contribution in [0.2, 0.25) is 0 Å². The van der Waals surface area contributed by atoms with Crippen molar-refractivity contribution in [2.45, 2.75) is 38.3 Å². The Bertz CT molecular complexity index is 1150. The van der Waals surface area contributed by atoms with Crippen LogP contribution in [0.5, 0.6) is 0 Å². The Morgan fingerprint density at radius 2 is 1.87 bits per heavy atom. The molecule has 3 aromatic heterocycles. The quantitative estimate of drug-likeness (QED) is 0.472. The Kier molecular flexibility index (Phi) is 5.23. The maximum Gasteiger partial charge on any atom is 0.254 e. The molecule has 1 aromatic carbocycles. The number of hydrogen-bond donors (Lipinski definition) is 0. The van der Waals surface area contributed by atoms with E-state index in [2.05, 4.69) is 18.8 Å². The van der Waals surface area contributed by atoms with Crippen LogP contribution >= 0.6 is 11.7 Å². The fourth-order valence-electron chi connectivity index (χ4n) is 4.12. The molecule has 1 fully saturated rings. The van der Waals surface area contributed by atoms with Gasteiger partial charge in [-0.3, -0.25) is 14.5 Å². The first-order valence-corrected chi connectivity index (χ1v) is 11.0. The van der Waals surface area contributed by atoms with Crippen molar-refractivity contribution in [2.75, 3.05) is 6.54 Å². The standard InChI is InChI=1S/C22H22N6OS/c29-22(17-5-6-20-21(15-17)26-30-25-20)28(18-3-1-2-4-18)14-13-27-12-9-19(24-27)16-7-10-23-11-8-16/h5-12,15,18H,1-4,13-14H2. The summed E-state index contributed by atoms with van der Waals surface area (Å²) >= 11 is 1.17. The molecule has 3 heterocycles. The van der Waals surface area contributed by atoms with E-state index in [1.165, 1.54) is 24.6 Å². The second kappa shape index (κ2) is 8.31. The molecule has 4 aromatic rings. The second-order valence-electron chi connectivity index (χ2n) is 7.60. The molecule has 7 nitrogen and oxygen atoms in total. The summed E-state index contributed by atoms with van der Waals surface area (Å²) < 4.78 is 10.4. The van der Waals surface area contributed by atoms with Crippen LogP contribution in [-0.4, -0.2) is 46.9 Å². The summed E-state index contributed by atoms with van der Waals surface area (Å²) in [5, 5.41) is 4.68. The summed E-state index contributed by atoms with van der Waals surface area (Å²) in [5.41, 5.74) is 4.26. The highest BCUT2D eigenvalue weighted by atomic mass is 32.1. The van der Waals surface area contributed by atoms with Crippen molar-refractivity contribution < 1.29 is 4.79 Å².